The number of likely N-dealkylation sites (tertiary alicyclic amines) is 1. The molecule has 0 aliphatic carbocycles. The lowest BCUT2D eigenvalue weighted by Gasteiger charge is -2.34. The van der Waals surface area contributed by atoms with E-state index in [2.05, 4.69) is 23.5 Å². The van der Waals surface area contributed by atoms with Crippen molar-refractivity contribution in [1.29, 1.82) is 0 Å². The number of hydrogen-bond donors (Lipinski definition) is 0. The molecule has 0 atom stereocenters. The van der Waals surface area contributed by atoms with Gasteiger partial charge in [0, 0.05) is 21.3 Å². The molecule has 0 amide bonds. The van der Waals surface area contributed by atoms with Crippen molar-refractivity contribution >= 4 is 11.9 Å². The van der Waals surface area contributed by atoms with Gasteiger partial charge in [-0.1, -0.05) is 0 Å². The van der Waals surface area contributed by atoms with E-state index < -0.39 is 0 Å². The van der Waals surface area contributed by atoms with E-state index in [-0.39, 0.29) is 4.75 Å². The molecule has 1 aliphatic rings. The number of nitrogens with zero attached hydrogens (tertiary/aromatic N) is 2. The minimum Gasteiger partial charge on any atom is -0.306 e. The minimum atomic E-state index is 0.105. The summed E-state index contributed by atoms with van der Waals surface area (Å²) in [5.74, 6) is 0. The largest absolute Gasteiger partial charge is 0.306 e. The Bertz CT molecular complexity index is 143. The van der Waals surface area contributed by atoms with E-state index in [1.165, 1.54) is 11.9 Å². The SMILES string of the molecule is CN1CCC(C)(SN=O)CC1. The Morgan fingerprint density at radius 1 is 1.45 bits per heavy atom. The van der Waals surface area contributed by atoms with E-state index in [9.17, 15) is 4.91 Å². The zero-order valence-electron chi connectivity index (χ0n) is 7.04. The summed E-state index contributed by atoms with van der Waals surface area (Å²) < 4.78 is 3.01. The first kappa shape index (κ1) is 9.00. The summed E-state index contributed by atoms with van der Waals surface area (Å²) in [4.78, 5) is 12.3. The Labute approximate surface area is 71.6 Å². The molecule has 0 aromatic carbocycles. The fourth-order valence-electron chi connectivity index (χ4n) is 1.27. The summed E-state index contributed by atoms with van der Waals surface area (Å²) in [5.41, 5.74) is 0. The Hall–Kier alpha value is -0.0900. The highest BCUT2D eigenvalue weighted by Gasteiger charge is 2.30. The summed E-state index contributed by atoms with van der Waals surface area (Å²) in [6.45, 7) is 4.28. The monoisotopic (exact) mass is 174 g/mol. The summed E-state index contributed by atoms with van der Waals surface area (Å²) >= 11 is 1.20. The molecule has 1 fully saturated rings. The topological polar surface area (TPSA) is 32.7 Å². The van der Waals surface area contributed by atoms with E-state index in [1.54, 1.807) is 0 Å². The summed E-state index contributed by atoms with van der Waals surface area (Å²) in [6.07, 6.45) is 2.14. The van der Waals surface area contributed by atoms with Crippen LogP contribution in [0.2, 0.25) is 0 Å². The third-order valence-corrected chi connectivity index (χ3v) is 3.23. The lowest BCUT2D eigenvalue weighted by atomic mass is 9.98. The lowest BCUT2D eigenvalue weighted by Crippen LogP contribution is -2.38. The van der Waals surface area contributed by atoms with E-state index in [0.717, 1.165) is 25.9 Å². The normalized spacial score (nSPS) is 24.9. The van der Waals surface area contributed by atoms with Crippen molar-refractivity contribution in [3.05, 3.63) is 4.91 Å². The van der Waals surface area contributed by atoms with Crippen molar-refractivity contribution in [3.63, 3.8) is 0 Å². The van der Waals surface area contributed by atoms with Crippen LogP contribution in [0.1, 0.15) is 19.8 Å². The van der Waals surface area contributed by atoms with Crippen LogP contribution < -0.4 is 0 Å². The van der Waals surface area contributed by atoms with Crippen LogP contribution in [0, 0.1) is 4.91 Å². The second-order valence-electron chi connectivity index (χ2n) is 3.42. The van der Waals surface area contributed by atoms with Crippen LogP contribution in [-0.4, -0.2) is 29.8 Å². The van der Waals surface area contributed by atoms with Crippen molar-refractivity contribution in [1.82, 2.24) is 4.90 Å². The first-order chi connectivity index (χ1) is 5.16. The van der Waals surface area contributed by atoms with Crippen molar-refractivity contribution in [3.8, 4) is 0 Å². The predicted octanol–water partition coefficient (Wildman–Crippen LogP) is 1.89. The lowest BCUT2D eigenvalue weighted by molar-refractivity contribution is 0.247. The zero-order chi connectivity index (χ0) is 8.32. The van der Waals surface area contributed by atoms with Gasteiger partial charge in [0.15, 0.2) is 0 Å². The van der Waals surface area contributed by atoms with Crippen molar-refractivity contribution in [2.24, 2.45) is 4.58 Å². The average molecular weight is 174 g/mol. The molecular formula is C7H14N2OS. The standard InChI is InChI=1S/C7H14N2OS/c1-7(11-8-10)3-5-9(2)6-4-7/h3-6H2,1-2H3. The Balaban J connectivity index is 2.41. The molecule has 0 N–H and O–H groups in total. The molecule has 0 bridgehead atoms. The van der Waals surface area contributed by atoms with Gasteiger partial charge in [-0.3, -0.25) is 0 Å². The molecule has 4 heteroatoms. The molecule has 0 radical (unpaired) electrons. The van der Waals surface area contributed by atoms with E-state index in [1.807, 2.05) is 0 Å². The van der Waals surface area contributed by atoms with Crippen molar-refractivity contribution < 1.29 is 0 Å². The van der Waals surface area contributed by atoms with Crippen LogP contribution in [0.4, 0.5) is 0 Å². The van der Waals surface area contributed by atoms with E-state index in [4.69, 9.17) is 0 Å². The summed E-state index contributed by atoms with van der Waals surface area (Å²) in [6, 6.07) is 0. The first-order valence-electron chi connectivity index (χ1n) is 3.86. The Morgan fingerprint density at radius 3 is 2.45 bits per heavy atom. The highest BCUT2D eigenvalue weighted by molar-refractivity contribution is 7.99. The van der Waals surface area contributed by atoms with Gasteiger partial charge in [0.1, 0.15) is 0 Å². The number of rotatable bonds is 2. The van der Waals surface area contributed by atoms with Gasteiger partial charge in [-0.2, -0.15) is 0 Å². The fraction of sp³-hybridized carbons (Fsp3) is 1.00. The Kier molecular flexibility index (Phi) is 2.90. The summed E-state index contributed by atoms with van der Waals surface area (Å²) in [5, 5.41) is 0. The maximum atomic E-state index is 10.1. The van der Waals surface area contributed by atoms with E-state index in [0.29, 0.717) is 0 Å². The predicted molar refractivity (Wildman–Crippen MR) is 48.5 cm³/mol. The van der Waals surface area contributed by atoms with Crippen LogP contribution in [-0.2, 0) is 0 Å². The van der Waals surface area contributed by atoms with Crippen LogP contribution >= 0.6 is 11.9 Å². The minimum absolute atomic E-state index is 0.105. The maximum Gasteiger partial charge on any atom is 0.0408 e. The molecule has 1 aliphatic heterocycles. The van der Waals surface area contributed by atoms with Crippen LogP contribution in [0.15, 0.2) is 4.58 Å². The molecule has 1 saturated heterocycles. The quantitative estimate of drug-likeness (QED) is 0.473. The molecule has 1 rings (SSSR count). The molecular weight excluding hydrogens is 160 g/mol. The van der Waals surface area contributed by atoms with Gasteiger partial charge in [-0.25, -0.2) is 0 Å². The number of nitroso groups, excluding NO2 is 1. The molecule has 11 heavy (non-hydrogen) atoms. The zero-order valence-corrected chi connectivity index (χ0v) is 7.86. The molecule has 0 spiro atoms. The van der Waals surface area contributed by atoms with Gasteiger partial charge >= 0.3 is 0 Å². The molecule has 0 aromatic heterocycles. The van der Waals surface area contributed by atoms with Crippen LogP contribution in [0.5, 0.6) is 0 Å². The third kappa shape index (κ3) is 2.45. The van der Waals surface area contributed by atoms with Gasteiger partial charge in [0.25, 0.3) is 0 Å². The maximum absolute atomic E-state index is 10.1. The molecule has 0 saturated carbocycles. The van der Waals surface area contributed by atoms with Gasteiger partial charge < -0.3 is 4.90 Å². The second-order valence-corrected chi connectivity index (χ2v) is 4.74. The molecule has 0 unspecified atom stereocenters. The van der Waals surface area contributed by atoms with Gasteiger partial charge in [-0.15, -0.1) is 4.91 Å². The highest BCUT2D eigenvalue weighted by Crippen LogP contribution is 2.35. The number of hydrogen-bond acceptors (Lipinski definition) is 4. The second kappa shape index (κ2) is 3.54. The molecule has 3 nitrogen and oxygen atoms in total. The summed E-state index contributed by atoms with van der Waals surface area (Å²) in [7, 11) is 2.11. The van der Waals surface area contributed by atoms with E-state index >= 15 is 0 Å². The fourth-order valence-corrected chi connectivity index (χ4v) is 1.82. The van der Waals surface area contributed by atoms with Gasteiger partial charge in [0.05, 0.1) is 0 Å². The van der Waals surface area contributed by atoms with Crippen LogP contribution in [0.25, 0.3) is 0 Å². The molecule has 64 valence electrons. The van der Waals surface area contributed by atoms with Crippen molar-refractivity contribution in [2.75, 3.05) is 20.1 Å². The molecule has 1 heterocycles. The smallest absolute Gasteiger partial charge is 0.0408 e. The van der Waals surface area contributed by atoms with Gasteiger partial charge in [-0.05, 0) is 39.9 Å². The average Bonchev–Trinajstić information content (AvgIpc) is 1.97. The van der Waals surface area contributed by atoms with Crippen molar-refractivity contribution in [2.45, 2.75) is 24.5 Å². The van der Waals surface area contributed by atoms with Gasteiger partial charge in [0.2, 0.25) is 0 Å². The first-order valence-corrected chi connectivity index (χ1v) is 4.63. The highest BCUT2D eigenvalue weighted by atomic mass is 32.2. The number of piperidine rings is 1. The van der Waals surface area contributed by atoms with Crippen LogP contribution in [0.3, 0.4) is 0 Å². The Morgan fingerprint density at radius 2 is 2.00 bits per heavy atom. The molecule has 0 aromatic rings. The third-order valence-electron chi connectivity index (χ3n) is 2.30.